The zero-order chi connectivity index (χ0) is 22.8. The van der Waals surface area contributed by atoms with Crippen molar-refractivity contribution < 1.29 is 23.8 Å². The molecule has 7 nitrogen and oxygen atoms in total. The largest absolute Gasteiger partial charge is 0.490 e. The minimum atomic E-state index is -0.428. The van der Waals surface area contributed by atoms with E-state index in [0.29, 0.717) is 35.1 Å². The van der Waals surface area contributed by atoms with Gasteiger partial charge in [0.1, 0.15) is 0 Å². The molecule has 0 saturated heterocycles. The smallest absolute Gasteiger partial charge is 0.339 e. The zero-order valence-electron chi connectivity index (χ0n) is 17.9. The number of carbonyl (C=O) groups excluding carboxylic acids is 2. The maximum absolute atomic E-state index is 12.1. The molecule has 7 heteroatoms. The van der Waals surface area contributed by atoms with Gasteiger partial charge in [0.2, 0.25) is 0 Å². The third-order valence-corrected chi connectivity index (χ3v) is 4.34. The van der Waals surface area contributed by atoms with Crippen LogP contribution in [0.3, 0.4) is 0 Å². The summed E-state index contributed by atoms with van der Waals surface area (Å²) in [6.45, 7) is 2.19. The van der Waals surface area contributed by atoms with Crippen molar-refractivity contribution >= 4 is 29.7 Å². The third-order valence-electron chi connectivity index (χ3n) is 4.34. The number of benzene rings is 2. The second-order valence-corrected chi connectivity index (χ2v) is 6.64. The van der Waals surface area contributed by atoms with Gasteiger partial charge in [-0.05, 0) is 55.0 Å². The van der Waals surface area contributed by atoms with E-state index in [2.05, 4.69) is 15.0 Å². The van der Waals surface area contributed by atoms with E-state index in [1.165, 1.54) is 13.3 Å². The lowest BCUT2D eigenvalue weighted by Crippen LogP contribution is -2.20. The van der Waals surface area contributed by atoms with Gasteiger partial charge in [0.25, 0.3) is 5.91 Å². The Morgan fingerprint density at radius 1 is 0.969 bits per heavy atom. The number of methoxy groups -OCH3 is 1. The molecule has 2 aromatic carbocycles. The summed E-state index contributed by atoms with van der Waals surface area (Å²) in [6, 6.07) is 18.0. The molecule has 1 N–H and O–H groups in total. The Labute approximate surface area is 186 Å². The first kappa shape index (κ1) is 22.6. The number of rotatable bonds is 9. The molecule has 0 radical (unpaired) electrons. The number of ether oxygens (including phenoxy) is 3. The fourth-order valence-corrected chi connectivity index (χ4v) is 2.80. The quantitative estimate of drug-likeness (QED) is 0.503. The molecule has 0 saturated carbocycles. The maximum atomic E-state index is 12.1. The number of esters is 1. The predicted molar refractivity (Wildman–Crippen MR) is 123 cm³/mol. The number of amides is 1. The monoisotopic (exact) mass is 432 g/mol. The molecule has 32 heavy (non-hydrogen) atoms. The van der Waals surface area contributed by atoms with Crippen molar-refractivity contribution in [2.45, 2.75) is 6.92 Å². The van der Waals surface area contributed by atoms with Crippen LogP contribution in [0.4, 0.5) is 5.69 Å². The summed E-state index contributed by atoms with van der Waals surface area (Å²) in [7, 11) is 1.33. The number of para-hydroxylation sites is 1. The van der Waals surface area contributed by atoms with Gasteiger partial charge in [0.05, 0.1) is 25.0 Å². The van der Waals surface area contributed by atoms with Crippen LogP contribution in [0, 0.1) is 0 Å². The number of carbonyl (C=O) groups is 2. The third kappa shape index (κ3) is 6.43. The van der Waals surface area contributed by atoms with Crippen LogP contribution >= 0.6 is 0 Å². The number of nitrogens with zero attached hydrogens (tertiary/aromatic N) is 1. The molecular weight excluding hydrogens is 408 g/mol. The molecule has 3 rings (SSSR count). The molecule has 0 bridgehead atoms. The van der Waals surface area contributed by atoms with Gasteiger partial charge < -0.3 is 19.5 Å². The standard InChI is InChI=1S/C25H24N2O5/c1-3-31-23-15-18(9-12-20-13-11-19(16-26-20)25(29)30-2)10-14-22(23)32-17-24(28)27-21-7-5-4-6-8-21/h4-16H,3,17H2,1-2H3,(H,27,28)/b12-9+. The highest BCUT2D eigenvalue weighted by Crippen LogP contribution is 2.29. The minimum absolute atomic E-state index is 0.138. The Morgan fingerprint density at radius 2 is 1.78 bits per heavy atom. The van der Waals surface area contributed by atoms with Crippen molar-refractivity contribution in [1.82, 2.24) is 4.98 Å². The predicted octanol–water partition coefficient (Wildman–Crippen LogP) is 4.45. The molecule has 0 atom stereocenters. The molecular formula is C25H24N2O5. The molecule has 0 spiro atoms. The van der Waals surface area contributed by atoms with Crippen LogP contribution in [0.25, 0.3) is 12.2 Å². The number of anilines is 1. The Kier molecular flexibility index (Phi) is 7.97. The van der Waals surface area contributed by atoms with Gasteiger partial charge in [0.15, 0.2) is 18.1 Å². The van der Waals surface area contributed by atoms with Gasteiger partial charge in [-0.15, -0.1) is 0 Å². The summed E-state index contributed by atoms with van der Waals surface area (Å²) in [5, 5.41) is 2.78. The van der Waals surface area contributed by atoms with Gasteiger partial charge in [-0.3, -0.25) is 9.78 Å². The normalized spacial score (nSPS) is 10.6. The number of nitrogens with one attached hydrogen (secondary N) is 1. The molecule has 1 heterocycles. The van der Waals surface area contributed by atoms with E-state index < -0.39 is 5.97 Å². The summed E-state index contributed by atoms with van der Waals surface area (Å²) in [4.78, 5) is 27.9. The highest BCUT2D eigenvalue weighted by Gasteiger charge is 2.09. The average molecular weight is 432 g/mol. The van der Waals surface area contributed by atoms with E-state index in [1.807, 2.05) is 61.5 Å². The van der Waals surface area contributed by atoms with Crippen molar-refractivity contribution in [1.29, 1.82) is 0 Å². The molecule has 0 aliphatic carbocycles. The highest BCUT2D eigenvalue weighted by atomic mass is 16.5. The van der Waals surface area contributed by atoms with Crippen LogP contribution in [0.2, 0.25) is 0 Å². The summed E-state index contributed by atoms with van der Waals surface area (Å²) < 4.78 is 16.0. The fourth-order valence-electron chi connectivity index (χ4n) is 2.80. The van der Waals surface area contributed by atoms with Gasteiger partial charge in [-0.2, -0.15) is 0 Å². The first-order valence-electron chi connectivity index (χ1n) is 10.1. The molecule has 0 unspecified atom stereocenters. The van der Waals surface area contributed by atoms with Crippen molar-refractivity contribution in [2.24, 2.45) is 0 Å². The fraction of sp³-hybridized carbons (Fsp3) is 0.160. The lowest BCUT2D eigenvalue weighted by molar-refractivity contribution is -0.118. The van der Waals surface area contributed by atoms with Crippen molar-refractivity contribution in [2.75, 3.05) is 25.6 Å². The number of hydrogen-bond donors (Lipinski definition) is 1. The van der Waals surface area contributed by atoms with Crippen LogP contribution in [0.15, 0.2) is 66.9 Å². The Balaban J connectivity index is 1.65. The Hall–Kier alpha value is -4.13. The second kappa shape index (κ2) is 11.3. The van der Waals surface area contributed by atoms with Crippen LogP contribution in [0.1, 0.15) is 28.5 Å². The number of hydrogen-bond acceptors (Lipinski definition) is 6. The molecule has 164 valence electrons. The SMILES string of the molecule is CCOc1cc(/C=C/c2ccc(C(=O)OC)cn2)ccc1OCC(=O)Nc1ccccc1. The van der Waals surface area contributed by atoms with Crippen molar-refractivity contribution in [3.05, 3.63) is 83.7 Å². The molecule has 0 aliphatic heterocycles. The average Bonchev–Trinajstić information content (AvgIpc) is 2.83. The van der Waals surface area contributed by atoms with Crippen LogP contribution in [-0.2, 0) is 9.53 Å². The van der Waals surface area contributed by atoms with Crippen molar-refractivity contribution in [3.63, 3.8) is 0 Å². The highest BCUT2D eigenvalue weighted by molar-refractivity contribution is 5.92. The van der Waals surface area contributed by atoms with E-state index in [4.69, 9.17) is 9.47 Å². The molecule has 0 fully saturated rings. The number of pyridine rings is 1. The molecule has 1 aromatic heterocycles. The van der Waals surface area contributed by atoms with Gasteiger partial charge >= 0.3 is 5.97 Å². The summed E-state index contributed by atoms with van der Waals surface area (Å²) in [5.74, 6) is 0.329. The van der Waals surface area contributed by atoms with Gasteiger partial charge in [0, 0.05) is 11.9 Å². The van der Waals surface area contributed by atoms with Gasteiger partial charge in [-0.25, -0.2) is 4.79 Å². The zero-order valence-corrected chi connectivity index (χ0v) is 17.9. The van der Waals surface area contributed by atoms with Crippen molar-refractivity contribution in [3.8, 4) is 11.5 Å². The van der Waals surface area contributed by atoms with E-state index in [-0.39, 0.29) is 12.5 Å². The molecule has 1 amide bonds. The van der Waals surface area contributed by atoms with E-state index in [0.717, 1.165) is 5.56 Å². The molecule has 0 aliphatic rings. The van der Waals surface area contributed by atoms with Crippen LogP contribution < -0.4 is 14.8 Å². The topological polar surface area (TPSA) is 86.8 Å². The summed E-state index contributed by atoms with van der Waals surface area (Å²) in [6.07, 6.45) is 5.16. The lowest BCUT2D eigenvalue weighted by Gasteiger charge is -2.12. The second-order valence-electron chi connectivity index (χ2n) is 6.64. The first-order valence-corrected chi connectivity index (χ1v) is 10.1. The Morgan fingerprint density at radius 3 is 2.47 bits per heavy atom. The summed E-state index contributed by atoms with van der Waals surface area (Å²) in [5.41, 5.74) is 2.66. The van der Waals surface area contributed by atoms with Gasteiger partial charge in [-0.1, -0.05) is 30.3 Å². The first-order chi connectivity index (χ1) is 15.6. The van der Waals surface area contributed by atoms with Crippen LogP contribution in [-0.4, -0.2) is 37.2 Å². The van der Waals surface area contributed by atoms with E-state index in [9.17, 15) is 9.59 Å². The maximum Gasteiger partial charge on any atom is 0.339 e. The lowest BCUT2D eigenvalue weighted by atomic mass is 10.1. The van der Waals surface area contributed by atoms with E-state index >= 15 is 0 Å². The van der Waals surface area contributed by atoms with Crippen LogP contribution in [0.5, 0.6) is 11.5 Å². The summed E-state index contributed by atoms with van der Waals surface area (Å²) >= 11 is 0. The molecule has 3 aromatic rings. The number of aromatic nitrogens is 1. The minimum Gasteiger partial charge on any atom is -0.490 e. The Bertz CT molecular complexity index is 1080. The van der Waals surface area contributed by atoms with E-state index in [1.54, 1.807) is 18.2 Å².